The van der Waals surface area contributed by atoms with Gasteiger partial charge >= 0.3 is 0 Å². The van der Waals surface area contributed by atoms with Crippen LogP contribution in [0.2, 0.25) is 5.02 Å². The Morgan fingerprint density at radius 2 is 1.79 bits per heavy atom. The molecule has 0 bridgehead atoms. The Morgan fingerprint density at radius 3 is 2.49 bits per heavy atom. The molecule has 8 nitrogen and oxygen atoms in total. The number of rotatable bonds is 7. The van der Waals surface area contributed by atoms with E-state index < -0.39 is 10.0 Å². The number of anilines is 1. The van der Waals surface area contributed by atoms with E-state index in [0.29, 0.717) is 10.8 Å². The van der Waals surface area contributed by atoms with Gasteiger partial charge in [0.2, 0.25) is 10.0 Å². The molecule has 2 aromatic heterocycles. The van der Waals surface area contributed by atoms with E-state index in [1.807, 2.05) is 66.2 Å². The summed E-state index contributed by atoms with van der Waals surface area (Å²) in [5, 5.41) is 1.44. The smallest absolute Gasteiger partial charge is 0.251 e. The number of hydrogen-bond donors (Lipinski definition) is 2. The molecule has 5 rings (SSSR count). The highest BCUT2D eigenvalue weighted by Gasteiger charge is 2.26. The number of nitrogens with zero attached hydrogens (tertiary/aromatic N) is 3. The molecule has 0 saturated carbocycles. The number of aromatic nitrogens is 3. The van der Waals surface area contributed by atoms with Gasteiger partial charge < -0.3 is 14.9 Å². The molecule has 1 atom stereocenters. The number of nitrogens with two attached hydrogens (primary N) is 1. The SMILES string of the molecule is Cn1cnc(N)c1C(c1ccc2c(c1)c(-c1cccc(Cl)c1)cc(=O)n2C)c1ccccc1CNS(C)(=O)=O. The first kappa shape index (κ1) is 26.7. The van der Waals surface area contributed by atoms with Crippen molar-refractivity contribution in [3.05, 3.63) is 117 Å². The summed E-state index contributed by atoms with van der Waals surface area (Å²) < 4.78 is 29.9. The predicted octanol–water partition coefficient (Wildman–Crippen LogP) is 4.40. The number of fused-ring (bicyclic) bond motifs is 1. The van der Waals surface area contributed by atoms with E-state index in [4.69, 9.17) is 17.3 Å². The summed E-state index contributed by atoms with van der Waals surface area (Å²) in [5.74, 6) is 0.00732. The maximum Gasteiger partial charge on any atom is 0.251 e. The van der Waals surface area contributed by atoms with Gasteiger partial charge in [-0.15, -0.1) is 0 Å². The Hall–Kier alpha value is -3.92. The van der Waals surface area contributed by atoms with Gasteiger partial charge in [-0.05, 0) is 52.1 Å². The number of pyridine rings is 1. The number of halogens is 1. The van der Waals surface area contributed by atoms with Crippen LogP contribution in [0.1, 0.15) is 28.3 Å². The van der Waals surface area contributed by atoms with Gasteiger partial charge in [0.1, 0.15) is 5.82 Å². The predicted molar refractivity (Wildman–Crippen MR) is 156 cm³/mol. The van der Waals surface area contributed by atoms with E-state index in [-0.39, 0.29) is 18.0 Å². The van der Waals surface area contributed by atoms with E-state index in [0.717, 1.165) is 50.7 Å². The quantitative estimate of drug-likeness (QED) is 0.306. The number of benzene rings is 3. The fourth-order valence-electron chi connectivity index (χ4n) is 5.03. The van der Waals surface area contributed by atoms with Crippen LogP contribution in [-0.4, -0.2) is 28.8 Å². The van der Waals surface area contributed by atoms with E-state index in [2.05, 4.69) is 15.8 Å². The molecule has 0 amide bonds. The second-order valence-corrected chi connectivity index (χ2v) is 11.9. The zero-order valence-electron chi connectivity index (χ0n) is 21.7. The average Bonchev–Trinajstić information content (AvgIpc) is 3.23. The van der Waals surface area contributed by atoms with Crippen molar-refractivity contribution in [2.75, 3.05) is 12.0 Å². The molecule has 200 valence electrons. The maximum absolute atomic E-state index is 12.9. The van der Waals surface area contributed by atoms with Crippen LogP contribution in [0.4, 0.5) is 5.82 Å². The van der Waals surface area contributed by atoms with Crippen LogP contribution in [0.5, 0.6) is 0 Å². The standard InChI is InChI=1S/C29H28ClN5O3S/c1-34-17-32-29(31)28(34)27(22-10-5-4-7-20(22)16-33-39(3,37)38)19-11-12-25-24(14-19)23(15-26(36)35(25)2)18-8-6-9-21(30)13-18/h4-15,17,27,33H,16,31H2,1-3H3. The first-order valence-electron chi connectivity index (χ1n) is 12.2. The molecule has 0 saturated heterocycles. The summed E-state index contributed by atoms with van der Waals surface area (Å²) in [6, 6.07) is 22.7. The average molecular weight is 562 g/mol. The van der Waals surface area contributed by atoms with Crippen LogP contribution in [0.3, 0.4) is 0 Å². The summed E-state index contributed by atoms with van der Waals surface area (Å²) in [4.78, 5) is 17.2. The van der Waals surface area contributed by atoms with Crippen molar-refractivity contribution in [2.24, 2.45) is 14.1 Å². The molecule has 1 unspecified atom stereocenters. The molecule has 5 aromatic rings. The summed E-state index contributed by atoms with van der Waals surface area (Å²) >= 11 is 6.30. The number of nitrogen functional groups attached to an aromatic ring is 1. The third kappa shape index (κ3) is 5.34. The van der Waals surface area contributed by atoms with Crippen molar-refractivity contribution in [1.29, 1.82) is 0 Å². The van der Waals surface area contributed by atoms with Crippen molar-refractivity contribution in [3.8, 4) is 11.1 Å². The van der Waals surface area contributed by atoms with E-state index >= 15 is 0 Å². The van der Waals surface area contributed by atoms with Crippen LogP contribution >= 0.6 is 11.6 Å². The largest absolute Gasteiger partial charge is 0.382 e. The Kier molecular flexibility index (Phi) is 7.07. The van der Waals surface area contributed by atoms with Crippen LogP contribution in [0, 0.1) is 0 Å². The van der Waals surface area contributed by atoms with E-state index in [1.165, 1.54) is 0 Å². The Balaban J connectivity index is 1.79. The molecule has 2 heterocycles. The van der Waals surface area contributed by atoms with Gasteiger partial charge in [-0.3, -0.25) is 4.79 Å². The summed E-state index contributed by atoms with van der Waals surface area (Å²) in [6.45, 7) is 0.124. The lowest BCUT2D eigenvalue weighted by Gasteiger charge is -2.23. The molecule has 0 aliphatic rings. The zero-order valence-corrected chi connectivity index (χ0v) is 23.3. The van der Waals surface area contributed by atoms with Crippen LogP contribution in [-0.2, 0) is 30.7 Å². The van der Waals surface area contributed by atoms with Crippen molar-refractivity contribution < 1.29 is 8.42 Å². The third-order valence-electron chi connectivity index (χ3n) is 6.92. The first-order valence-corrected chi connectivity index (χ1v) is 14.5. The minimum atomic E-state index is -3.41. The molecular weight excluding hydrogens is 534 g/mol. The summed E-state index contributed by atoms with van der Waals surface area (Å²) in [5.41, 5.74) is 12.0. The molecule has 39 heavy (non-hydrogen) atoms. The van der Waals surface area contributed by atoms with Crippen LogP contribution in [0.25, 0.3) is 22.0 Å². The monoisotopic (exact) mass is 561 g/mol. The van der Waals surface area contributed by atoms with E-state index in [9.17, 15) is 13.2 Å². The Bertz CT molecular complexity index is 1860. The van der Waals surface area contributed by atoms with Gasteiger partial charge in [-0.2, -0.15) is 0 Å². The van der Waals surface area contributed by atoms with Gasteiger partial charge in [0, 0.05) is 37.1 Å². The molecule has 0 fully saturated rings. The molecular formula is C29H28ClN5O3S. The maximum atomic E-state index is 12.9. The molecule has 10 heteroatoms. The van der Waals surface area contributed by atoms with Crippen LogP contribution in [0.15, 0.2) is 83.9 Å². The number of imidazole rings is 1. The molecule has 3 aromatic carbocycles. The van der Waals surface area contributed by atoms with Crippen molar-refractivity contribution in [2.45, 2.75) is 12.5 Å². The molecule has 0 aliphatic carbocycles. The Morgan fingerprint density at radius 1 is 1.03 bits per heavy atom. The molecule has 0 spiro atoms. The highest BCUT2D eigenvalue weighted by molar-refractivity contribution is 7.88. The van der Waals surface area contributed by atoms with Gasteiger partial charge in [0.25, 0.3) is 5.56 Å². The summed E-state index contributed by atoms with van der Waals surface area (Å²) in [7, 11) is 0.213. The summed E-state index contributed by atoms with van der Waals surface area (Å²) in [6.07, 6.45) is 2.80. The van der Waals surface area contributed by atoms with Crippen LogP contribution < -0.4 is 16.0 Å². The number of nitrogens with one attached hydrogen (secondary N) is 1. The first-order chi connectivity index (χ1) is 18.5. The minimum absolute atomic E-state index is 0.124. The number of hydrogen-bond acceptors (Lipinski definition) is 5. The Labute approximate surface area is 231 Å². The highest BCUT2D eigenvalue weighted by Crippen LogP contribution is 2.39. The lowest BCUT2D eigenvalue weighted by atomic mass is 9.84. The van der Waals surface area contributed by atoms with Gasteiger partial charge in [0.05, 0.1) is 29.7 Å². The van der Waals surface area contributed by atoms with Crippen molar-refractivity contribution >= 4 is 38.3 Å². The fraction of sp³-hybridized carbons (Fsp3) is 0.172. The second-order valence-electron chi connectivity index (χ2n) is 9.59. The third-order valence-corrected chi connectivity index (χ3v) is 7.82. The second kappa shape index (κ2) is 10.3. The van der Waals surface area contributed by atoms with Crippen molar-refractivity contribution in [1.82, 2.24) is 18.8 Å². The number of sulfonamides is 1. The molecule has 3 N–H and O–H groups in total. The normalized spacial score (nSPS) is 12.6. The van der Waals surface area contributed by atoms with Gasteiger partial charge in [-0.25, -0.2) is 18.1 Å². The highest BCUT2D eigenvalue weighted by atomic mass is 35.5. The lowest BCUT2D eigenvalue weighted by molar-refractivity contribution is 0.587. The molecule has 0 aliphatic heterocycles. The van der Waals surface area contributed by atoms with Gasteiger partial charge in [0.15, 0.2) is 0 Å². The molecule has 0 radical (unpaired) electrons. The lowest BCUT2D eigenvalue weighted by Crippen LogP contribution is -2.23. The topological polar surface area (TPSA) is 112 Å². The van der Waals surface area contributed by atoms with E-state index in [1.54, 1.807) is 30.1 Å². The minimum Gasteiger partial charge on any atom is -0.382 e. The van der Waals surface area contributed by atoms with Gasteiger partial charge in [-0.1, -0.05) is 54.1 Å². The fourth-order valence-corrected chi connectivity index (χ4v) is 5.64. The zero-order chi connectivity index (χ0) is 27.9. The number of aryl methyl sites for hydroxylation is 2. The van der Waals surface area contributed by atoms with Crippen molar-refractivity contribution in [3.63, 3.8) is 0 Å².